The van der Waals surface area contributed by atoms with Gasteiger partial charge in [-0.3, -0.25) is 4.79 Å². The Hall–Kier alpha value is -0.530. The van der Waals surface area contributed by atoms with Crippen molar-refractivity contribution < 1.29 is 4.79 Å². The monoisotopic (exact) mass is 209 g/mol. The molecule has 15 heavy (non-hydrogen) atoms. The van der Waals surface area contributed by atoms with E-state index in [4.69, 9.17) is 0 Å². The van der Waals surface area contributed by atoms with E-state index in [0.29, 0.717) is 11.9 Å². The van der Waals surface area contributed by atoms with E-state index >= 15 is 0 Å². The van der Waals surface area contributed by atoms with Crippen molar-refractivity contribution in [2.45, 2.75) is 64.8 Å². The first-order valence-electron chi connectivity index (χ1n) is 6.40. The maximum Gasteiger partial charge on any atom is 0.223 e. The van der Waals surface area contributed by atoms with Gasteiger partial charge in [-0.05, 0) is 31.1 Å². The fourth-order valence-corrected chi connectivity index (χ4v) is 3.18. The third-order valence-electron chi connectivity index (χ3n) is 4.28. The fourth-order valence-electron chi connectivity index (χ4n) is 3.18. The van der Waals surface area contributed by atoms with Gasteiger partial charge in [0, 0.05) is 12.0 Å². The van der Waals surface area contributed by atoms with Crippen LogP contribution in [0.2, 0.25) is 0 Å². The van der Waals surface area contributed by atoms with Crippen LogP contribution in [0.25, 0.3) is 0 Å². The largest absolute Gasteiger partial charge is 0.353 e. The lowest BCUT2D eigenvalue weighted by atomic mass is 9.81. The maximum atomic E-state index is 12.1. The third kappa shape index (κ3) is 2.35. The minimum absolute atomic E-state index is 0.225. The predicted molar refractivity (Wildman–Crippen MR) is 61.5 cm³/mol. The zero-order chi connectivity index (χ0) is 10.9. The fraction of sp³-hybridized carbons (Fsp3) is 0.923. The number of hydrogen-bond acceptors (Lipinski definition) is 1. The lowest BCUT2D eigenvalue weighted by Gasteiger charge is -2.27. The van der Waals surface area contributed by atoms with E-state index in [1.54, 1.807) is 0 Å². The van der Waals surface area contributed by atoms with Gasteiger partial charge in [-0.2, -0.15) is 0 Å². The van der Waals surface area contributed by atoms with Crippen LogP contribution in [0.5, 0.6) is 0 Å². The van der Waals surface area contributed by atoms with Crippen molar-refractivity contribution >= 4 is 5.91 Å². The molecule has 2 aliphatic carbocycles. The molecule has 2 heteroatoms. The first kappa shape index (κ1) is 11.0. The molecule has 1 amide bonds. The first-order chi connectivity index (χ1) is 7.09. The van der Waals surface area contributed by atoms with E-state index in [1.165, 1.54) is 38.5 Å². The topological polar surface area (TPSA) is 29.1 Å². The summed E-state index contributed by atoms with van der Waals surface area (Å²) >= 11 is 0. The van der Waals surface area contributed by atoms with Crippen LogP contribution in [0.1, 0.15) is 58.8 Å². The van der Waals surface area contributed by atoms with Crippen molar-refractivity contribution in [1.82, 2.24) is 5.32 Å². The molecule has 0 aromatic heterocycles. The van der Waals surface area contributed by atoms with E-state index in [0.717, 1.165) is 6.42 Å². The quantitative estimate of drug-likeness (QED) is 0.744. The van der Waals surface area contributed by atoms with Gasteiger partial charge in [-0.25, -0.2) is 0 Å². The Bertz CT molecular complexity index is 241. The molecule has 2 fully saturated rings. The van der Waals surface area contributed by atoms with Crippen molar-refractivity contribution in [1.29, 1.82) is 0 Å². The van der Waals surface area contributed by atoms with Gasteiger partial charge in [-0.15, -0.1) is 0 Å². The Labute approximate surface area is 92.8 Å². The highest BCUT2D eigenvalue weighted by Gasteiger charge is 2.39. The molecule has 1 unspecified atom stereocenters. The molecule has 0 spiro atoms. The summed E-state index contributed by atoms with van der Waals surface area (Å²) in [6.07, 6.45) is 8.48. The molecule has 0 radical (unpaired) electrons. The number of carbonyl (C=O) groups is 1. The SMILES string of the molecule is CC1(C)CCCC1C(=O)NC1CCCC1. The normalized spacial score (nSPS) is 30.7. The summed E-state index contributed by atoms with van der Waals surface area (Å²) in [5.74, 6) is 0.586. The Morgan fingerprint density at radius 3 is 2.33 bits per heavy atom. The predicted octanol–water partition coefficient (Wildman–Crippen LogP) is 2.87. The molecule has 0 saturated heterocycles. The molecule has 2 aliphatic rings. The molecule has 0 aliphatic heterocycles. The summed E-state index contributed by atoms with van der Waals surface area (Å²) in [6, 6.07) is 0.480. The maximum absolute atomic E-state index is 12.1. The molecule has 0 aromatic carbocycles. The van der Waals surface area contributed by atoms with Gasteiger partial charge in [0.05, 0.1) is 0 Å². The number of amides is 1. The third-order valence-corrected chi connectivity index (χ3v) is 4.28. The lowest BCUT2D eigenvalue weighted by molar-refractivity contribution is -0.128. The molecule has 2 nitrogen and oxygen atoms in total. The van der Waals surface area contributed by atoms with Crippen LogP contribution in [0, 0.1) is 11.3 Å². The highest BCUT2D eigenvalue weighted by atomic mass is 16.2. The summed E-state index contributed by atoms with van der Waals surface area (Å²) < 4.78 is 0. The number of nitrogens with one attached hydrogen (secondary N) is 1. The Kier molecular flexibility index (Phi) is 3.03. The highest BCUT2D eigenvalue weighted by Crippen LogP contribution is 2.42. The van der Waals surface area contributed by atoms with Crippen molar-refractivity contribution in [3.63, 3.8) is 0 Å². The van der Waals surface area contributed by atoms with Gasteiger partial charge >= 0.3 is 0 Å². The minimum atomic E-state index is 0.225. The summed E-state index contributed by atoms with van der Waals surface area (Å²) in [4.78, 5) is 12.1. The minimum Gasteiger partial charge on any atom is -0.353 e. The average molecular weight is 209 g/mol. The molecule has 1 atom stereocenters. The molecule has 1 N–H and O–H groups in total. The van der Waals surface area contributed by atoms with Gasteiger partial charge in [0.2, 0.25) is 5.91 Å². The molecule has 0 bridgehead atoms. The zero-order valence-electron chi connectivity index (χ0n) is 10.0. The van der Waals surface area contributed by atoms with Gasteiger partial charge in [0.25, 0.3) is 0 Å². The van der Waals surface area contributed by atoms with Crippen molar-refractivity contribution in [2.24, 2.45) is 11.3 Å². The summed E-state index contributed by atoms with van der Waals surface area (Å²) in [6.45, 7) is 4.47. The second-order valence-electron chi connectivity index (χ2n) is 5.92. The van der Waals surface area contributed by atoms with E-state index in [2.05, 4.69) is 19.2 Å². The van der Waals surface area contributed by atoms with Crippen molar-refractivity contribution in [3.05, 3.63) is 0 Å². The molecule has 0 heterocycles. The number of carbonyl (C=O) groups excluding carboxylic acids is 1. The van der Waals surface area contributed by atoms with Gasteiger partial charge in [0.15, 0.2) is 0 Å². The van der Waals surface area contributed by atoms with E-state index in [9.17, 15) is 4.79 Å². The molecular formula is C13H23NO. The van der Waals surface area contributed by atoms with Crippen LogP contribution in [0.4, 0.5) is 0 Å². The first-order valence-corrected chi connectivity index (χ1v) is 6.40. The number of hydrogen-bond donors (Lipinski definition) is 1. The van der Waals surface area contributed by atoms with Crippen LogP contribution >= 0.6 is 0 Å². The van der Waals surface area contributed by atoms with Crippen LogP contribution in [0.3, 0.4) is 0 Å². The van der Waals surface area contributed by atoms with Crippen LogP contribution in [-0.2, 0) is 4.79 Å². The second kappa shape index (κ2) is 4.15. The van der Waals surface area contributed by atoms with Crippen LogP contribution < -0.4 is 5.32 Å². The summed E-state index contributed by atoms with van der Waals surface area (Å²) in [7, 11) is 0. The molecule has 2 rings (SSSR count). The van der Waals surface area contributed by atoms with Gasteiger partial charge in [-0.1, -0.05) is 33.1 Å². The van der Waals surface area contributed by atoms with E-state index in [-0.39, 0.29) is 11.3 Å². The Balaban J connectivity index is 1.89. The van der Waals surface area contributed by atoms with Crippen molar-refractivity contribution in [3.8, 4) is 0 Å². The van der Waals surface area contributed by atoms with Crippen LogP contribution in [-0.4, -0.2) is 11.9 Å². The average Bonchev–Trinajstić information content (AvgIpc) is 2.73. The zero-order valence-corrected chi connectivity index (χ0v) is 10.0. The molecule has 0 aromatic rings. The lowest BCUT2D eigenvalue weighted by Crippen LogP contribution is -2.40. The standard InChI is InChI=1S/C13H23NO/c1-13(2)9-5-8-11(13)12(15)14-10-6-3-4-7-10/h10-11H,3-9H2,1-2H3,(H,14,15). The molecule has 2 saturated carbocycles. The Morgan fingerprint density at radius 1 is 1.13 bits per heavy atom. The van der Waals surface area contributed by atoms with Crippen molar-refractivity contribution in [2.75, 3.05) is 0 Å². The highest BCUT2D eigenvalue weighted by molar-refractivity contribution is 5.80. The summed E-state index contributed by atoms with van der Waals surface area (Å²) in [5.41, 5.74) is 0.225. The summed E-state index contributed by atoms with van der Waals surface area (Å²) in [5, 5.41) is 3.24. The van der Waals surface area contributed by atoms with Crippen LogP contribution in [0.15, 0.2) is 0 Å². The second-order valence-corrected chi connectivity index (χ2v) is 5.92. The van der Waals surface area contributed by atoms with E-state index in [1.807, 2.05) is 0 Å². The smallest absolute Gasteiger partial charge is 0.223 e. The van der Waals surface area contributed by atoms with Gasteiger partial charge < -0.3 is 5.32 Å². The number of rotatable bonds is 2. The molecule has 86 valence electrons. The Morgan fingerprint density at radius 2 is 1.80 bits per heavy atom. The molecular weight excluding hydrogens is 186 g/mol. The van der Waals surface area contributed by atoms with Gasteiger partial charge in [0.1, 0.15) is 0 Å². The van der Waals surface area contributed by atoms with E-state index < -0.39 is 0 Å².